The summed E-state index contributed by atoms with van der Waals surface area (Å²) >= 11 is 0. The molecule has 0 spiro atoms. The van der Waals surface area contributed by atoms with E-state index in [0.717, 1.165) is 29.2 Å². The van der Waals surface area contributed by atoms with E-state index in [-0.39, 0.29) is 16.7 Å². The smallest absolute Gasteiger partial charge is 0.260 e. The van der Waals surface area contributed by atoms with Crippen molar-refractivity contribution in [2.24, 2.45) is 0 Å². The summed E-state index contributed by atoms with van der Waals surface area (Å²) in [5, 5.41) is 0. The highest BCUT2D eigenvalue weighted by Crippen LogP contribution is 2.53. The third-order valence-electron chi connectivity index (χ3n) is 12.0. The number of fused-ring (bicyclic) bond motifs is 6. The van der Waals surface area contributed by atoms with Crippen molar-refractivity contribution < 1.29 is 9.59 Å². The van der Waals surface area contributed by atoms with Gasteiger partial charge in [0.1, 0.15) is 0 Å². The Hall–Kier alpha value is -6.72. The Morgan fingerprint density at radius 3 is 1.41 bits per heavy atom. The standard InChI is InChI=1S/C51H43N3O2/c1-50(2)44-22-14-12-20-39(44)41-27-24-37(31-46(41)50)54(38-25-28-42-40-21-13-15-23-45(40)51(3,4)47(42)32-38)36-26-29-48(53(33-55)35-18-10-7-11-19-35)43(30-36)49(56)52(5)34-16-8-6-9-17-34/h6-33H,1-5H3. The van der Waals surface area contributed by atoms with Crippen molar-refractivity contribution in [1.29, 1.82) is 0 Å². The van der Waals surface area contributed by atoms with E-state index in [1.807, 2.05) is 78.9 Å². The fourth-order valence-corrected chi connectivity index (χ4v) is 8.95. The Kier molecular flexibility index (Phi) is 8.28. The maximum absolute atomic E-state index is 14.8. The fourth-order valence-electron chi connectivity index (χ4n) is 8.95. The lowest BCUT2D eigenvalue weighted by atomic mass is 9.82. The maximum atomic E-state index is 14.8. The normalized spacial score (nSPS) is 13.9. The van der Waals surface area contributed by atoms with Gasteiger partial charge in [0.2, 0.25) is 6.41 Å². The number of carbonyl (C=O) groups is 2. The van der Waals surface area contributed by atoms with Gasteiger partial charge in [0.25, 0.3) is 5.91 Å². The van der Waals surface area contributed by atoms with Gasteiger partial charge in [-0.1, -0.05) is 125 Å². The number of amides is 2. The summed E-state index contributed by atoms with van der Waals surface area (Å²) in [5.41, 5.74) is 14.8. The average molecular weight is 730 g/mol. The van der Waals surface area contributed by atoms with Crippen LogP contribution in [0.25, 0.3) is 22.3 Å². The number of para-hydroxylation sites is 2. The molecule has 2 aliphatic carbocycles. The highest BCUT2D eigenvalue weighted by atomic mass is 16.2. The van der Waals surface area contributed by atoms with Crippen molar-refractivity contribution in [3.63, 3.8) is 0 Å². The number of hydrogen-bond donors (Lipinski definition) is 0. The number of rotatable bonds is 8. The summed E-state index contributed by atoms with van der Waals surface area (Å²) in [4.78, 5) is 33.1. The molecule has 2 amide bonds. The molecule has 7 aromatic carbocycles. The van der Waals surface area contributed by atoms with E-state index < -0.39 is 0 Å². The Labute approximate surface area is 329 Å². The Balaban J connectivity index is 1.26. The fraction of sp³-hybridized carbons (Fsp3) is 0.137. The largest absolute Gasteiger partial charge is 0.311 e. The van der Waals surface area contributed by atoms with E-state index in [2.05, 4.69) is 118 Å². The molecule has 0 bridgehead atoms. The van der Waals surface area contributed by atoms with E-state index in [0.29, 0.717) is 16.9 Å². The molecule has 56 heavy (non-hydrogen) atoms. The third kappa shape index (κ3) is 5.45. The summed E-state index contributed by atoms with van der Waals surface area (Å²) < 4.78 is 0. The lowest BCUT2D eigenvalue weighted by molar-refractivity contribution is -0.106. The predicted octanol–water partition coefficient (Wildman–Crippen LogP) is 12.3. The van der Waals surface area contributed by atoms with Crippen LogP contribution in [0.3, 0.4) is 0 Å². The van der Waals surface area contributed by atoms with Crippen LogP contribution in [0, 0.1) is 0 Å². The van der Waals surface area contributed by atoms with Crippen molar-refractivity contribution in [3.8, 4) is 22.3 Å². The summed E-state index contributed by atoms with van der Waals surface area (Å²) in [6.45, 7) is 9.18. The second-order valence-electron chi connectivity index (χ2n) is 15.8. The van der Waals surface area contributed by atoms with Crippen LogP contribution in [-0.4, -0.2) is 19.4 Å². The zero-order valence-corrected chi connectivity index (χ0v) is 32.3. The molecule has 5 heteroatoms. The van der Waals surface area contributed by atoms with Crippen LogP contribution in [-0.2, 0) is 15.6 Å². The van der Waals surface area contributed by atoms with Crippen LogP contribution in [0.1, 0.15) is 60.3 Å². The number of carbonyl (C=O) groups excluding carboxylic acids is 2. The number of hydrogen-bond acceptors (Lipinski definition) is 3. The minimum atomic E-state index is -0.230. The van der Waals surface area contributed by atoms with Crippen molar-refractivity contribution in [1.82, 2.24) is 0 Å². The van der Waals surface area contributed by atoms with E-state index in [9.17, 15) is 9.59 Å². The second-order valence-corrected chi connectivity index (χ2v) is 15.8. The lowest BCUT2D eigenvalue weighted by Gasteiger charge is -2.31. The van der Waals surface area contributed by atoms with Crippen LogP contribution in [0.5, 0.6) is 0 Å². The topological polar surface area (TPSA) is 43.9 Å². The molecule has 7 aromatic rings. The van der Waals surface area contributed by atoms with Crippen molar-refractivity contribution >= 4 is 46.4 Å². The third-order valence-corrected chi connectivity index (χ3v) is 12.0. The molecule has 0 radical (unpaired) electrons. The SMILES string of the molecule is CN(C(=O)c1cc(N(c2ccc3c(c2)C(C)(C)c2ccccc2-3)c2ccc3c(c2)C(C)(C)c2ccccc2-3)ccc1N(C=O)c1ccccc1)c1ccccc1. The molecule has 0 saturated heterocycles. The van der Waals surface area contributed by atoms with E-state index in [4.69, 9.17) is 0 Å². The summed E-state index contributed by atoms with van der Waals surface area (Å²) in [5.74, 6) is -0.230. The van der Waals surface area contributed by atoms with Crippen LogP contribution in [0.2, 0.25) is 0 Å². The van der Waals surface area contributed by atoms with Gasteiger partial charge in [-0.25, -0.2) is 0 Å². The monoisotopic (exact) mass is 729 g/mol. The summed E-state index contributed by atoms with van der Waals surface area (Å²) in [7, 11) is 1.78. The predicted molar refractivity (Wildman–Crippen MR) is 230 cm³/mol. The summed E-state index contributed by atoms with van der Waals surface area (Å²) in [6, 6.07) is 55.8. The Bertz CT molecular complexity index is 2560. The zero-order chi connectivity index (χ0) is 38.8. The van der Waals surface area contributed by atoms with Crippen LogP contribution < -0.4 is 14.7 Å². The van der Waals surface area contributed by atoms with Gasteiger partial charge in [0.15, 0.2) is 0 Å². The number of benzene rings is 7. The molecular formula is C51H43N3O2. The molecule has 0 saturated carbocycles. The highest BCUT2D eigenvalue weighted by Gasteiger charge is 2.38. The quantitative estimate of drug-likeness (QED) is 0.146. The van der Waals surface area contributed by atoms with Gasteiger partial charge in [-0.2, -0.15) is 0 Å². The van der Waals surface area contributed by atoms with Gasteiger partial charge in [-0.15, -0.1) is 0 Å². The molecule has 0 fully saturated rings. The molecule has 0 heterocycles. The molecule has 0 aliphatic heterocycles. The van der Waals surface area contributed by atoms with Crippen molar-refractivity contribution in [2.45, 2.75) is 38.5 Å². The molecule has 0 atom stereocenters. The first kappa shape index (κ1) is 35.0. The second kappa shape index (κ2) is 13.2. The molecule has 2 aliphatic rings. The van der Waals surface area contributed by atoms with Crippen LogP contribution >= 0.6 is 0 Å². The van der Waals surface area contributed by atoms with Gasteiger partial charge in [-0.3, -0.25) is 14.5 Å². The molecule has 0 aromatic heterocycles. The molecular weight excluding hydrogens is 687 g/mol. The maximum Gasteiger partial charge on any atom is 0.260 e. The number of nitrogens with zero attached hydrogens (tertiary/aromatic N) is 3. The molecule has 0 unspecified atom stereocenters. The van der Waals surface area contributed by atoms with Crippen LogP contribution in [0.15, 0.2) is 164 Å². The van der Waals surface area contributed by atoms with Crippen molar-refractivity contribution in [3.05, 3.63) is 192 Å². The molecule has 5 nitrogen and oxygen atoms in total. The van der Waals surface area contributed by atoms with Gasteiger partial charge in [0.05, 0.1) is 11.3 Å². The van der Waals surface area contributed by atoms with Crippen LogP contribution in [0.4, 0.5) is 34.1 Å². The van der Waals surface area contributed by atoms with E-state index in [1.54, 1.807) is 16.8 Å². The lowest BCUT2D eigenvalue weighted by Crippen LogP contribution is -2.29. The van der Waals surface area contributed by atoms with Gasteiger partial charge in [-0.05, 0) is 111 Å². The Morgan fingerprint density at radius 1 is 0.464 bits per heavy atom. The zero-order valence-electron chi connectivity index (χ0n) is 32.3. The Morgan fingerprint density at radius 2 is 0.893 bits per heavy atom. The van der Waals surface area contributed by atoms with Gasteiger partial charge >= 0.3 is 0 Å². The van der Waals surface area contributed by atoms with Crippen molar-refractivity contribution in [2.75, 3.05) is 21.7 Å². The molecule has 274 valence electrons. The minimum Gasteiger partial charge on any atom is -0.311 e. The van der Waals surface area contributed by atoms with E-state index >= 15 is 0 Å². The highest BCUT2D eigenvalue weighted by molar-refractivity contribution is 6.12. The minimum absolute atomic E-state index is 0.210. The molecule has 9 rings (SSSR count). The molecule has 0 N–H and O–H groups in total. The summed E-state index contributed by atoms with van der Waals surface area (Å²) in [6.07, 6.45) is 0.780. The average Bonchev–Trinajstić information content (AvgIpc) is 3.61. The first-order chi connectivity index (χ1) is 27.1. The first-order valence-corrected chi connectivity index (χ1v) is 19.2. The van der Waals surface area contributed by atoms with E-state index in [1.165, 1.54) is 44.5 Å². The number of anilines is 6. The first-order valence-electron chi connectivity index (χ1n) is 19.2. The van der Waals surface area contributed by atoms with Gasteiger partial charge < -0.3 is 9.80 Å². The van der Waals surface area contributed by atoms with Gasteiger partial charge in [0, 0.05) is 46.3 Å².